The van der Waals surface area contributed by atoms with E-state index in [0.717, 1.165) is 22.4 Å². The van der Waals surface area contributed by atoms with E-state index in [9.17, 15) is 18.0 Å². The number of carbonyl (C=O) groups excluding carboxylic acids is 2. The third-order valence-corrected chi connectivity index (χ3v) is 6.41. The molecule has 29 heavy (non-hydrogen) atoms. The van der Waals surface area contributed by atoms with Crippen molar-refractivity contribution in [3.05, 3.63) is 58.7 Å². The predicted molar refractivity (Wildman–Crippen MR) is 114 cm³/mol. The molecule has 0 bridgehead atoms. The molecular formula is C21H25N3O4S. The summed E-state index contributed by atoms with van der Waals surface area (Å²) >= 11 is 0. The van der Waals surface area contributed by atoms with Gasteiger partial charge in [0.25, 0.3) is 5.91 Å². The molecule has 2 amide bonds. The lowest BCUT2D eigenvalue weighted by Gasteiger charge is -2.21. The van der Waals surface area contributed by atoms with Crippen LogP contribution in [0.4, 0.5) is 11.4 Å². The van der Waals surface area contributed by atoms with Crippen LogP contribution in [0.1, 0.15) is 34.0 Å². The van der Waals surface area contributed by atoms with E-state index in [1.165, 1.54) is 10.6 Å². The summed E-state index contributed by atoms with van der Waals surface area (Å²) in [7, 11) is -3.38. The van der Waals surface area contributed by atoms with Crippen molar-refractivity contribution >= 4 is 33.2 Å². The average molecular weight is 416 g/mol. The quantitative estimate of drug-likeness (QED) is 0.784. The molecule has 154 valence electrons. The van der Waals surface area contributed by atoms with Gasteiger partial charge in [0.2, 0.25) is 15.9 Å². The second-order valence-electron chi connectivity index (χ2n) is 7.43. The smallest absolute Gasteiger partial charge is 0.251 e. The zero-order valence-corrected chi connectivity index (χ0v) is 17.8. The second kappa shape index (κ2) is 7.87. The monoisotopic (exact) mass is 415 g/mol. The number of anilines is 2. The summed E-state index contributed by atoms with van der Waals surface area (Å²) in [5, 5.41) is 5.41. The van der Waals surface area contributed by atoms with Gasteiger partial charge in [-0.2, -0.15) is 0 Å². The van der Waals surface area contributed by atoms with Gasteiger partial charge in [0.1, 0.15) is 0 Å². The summed E-state index contributed by atoms with van der Waals surface area (Å²) in [5.74, 6) is -0.695. The van der Waals surface area contributed by atoms with Gasteiger partial charge in [-0.25, -0.2) is 8.42 Å². The molecule has 1 aliphatic heterocycles. The molecule has 3 rings (SSSR count). The molecule has 8 heteroatoms. The van der Waals surface area contributed by atoms with E-state index in [0.29, 0.717) is 17.7 Å². The highest BCUT2D eigenvalue weighted by Crippen LogP contribution is 2.34. The fraction of sp³-hybridized carbons (Fsp3) is 0.333. The number of hydrogen-bond acceptors (Lipinski definition) is 4. The first kappa shape index (κ1) is 20.9. The summed E-state index contributed by atoms with van der Waals surface area (Å²) in [6.45, 7) is 5.56. The first-order valence-electron chi connectivity index (χ1n) is 9.34. The Morgan fingerprint density at radius 3 is 2.59 bits per heavy atom. The highest BCUT2D eigenvalue weighted by molar-refractivity contribution is 7.92. The van der Waals surface area contributed by atoms with Crippen LogP contribution < -0.4 is 14.9 Å². The lowest BCUT2D eigenvalue weighted by atomic mass is 10.1. The van der Waals surface area contributed by atoms with Crippen molar-refractivity contribution < 1.29 is 18.0 Å². The summed E-state index contributed by atoms with van der Waals surface area (Å²) in [5.41, 5.74) is 4.57. The lowest BCUT2D eigenvalue weighted by molar-refractivity contribution is -0.115. The fourth-order valence-electron chi connectivity index (χ4n) is 3.59. The van der Waals surface area contributed by atoms with Crippen LogP contribution in [0.2, 0.25) is 0 Å². The van der Waals surface area contributed by atoms with Gasteiger partial charge in [-0.3, -0.25) is 13.9 Å². The predicted octanol–water partition coefficient (Wildman–Crippen LogP) is 2.38. The van der Waals surface area contributed by atoms with Crippen LogP contribution in [0.25, 0.3) is 0 Å². The first-order valence-corrected chi connectivity index (χ1v) is 11.2. The number of rotatable bonds is 5. The Balaban J connectivity index is 1.66. The molecule has 0 aliphatic carbocycles. The molecule has 2 aromatic rings. The van der Waals surface area contributed by atoms with E-state index < -0.39 is 10.0 Å². The van der Waals surface area contributed by atoms with E-state index in [-0.39, 0.29) is 24.4 Å². The number of fused-ring (bicyclic) bond motifs is 1. The standard InChI is InChI=1S/C21H25N3O4S/c1-13-6-5-7-18(15(13)3)23-20(25)12-22-21(26)16-8-9-19-17(11-16)10-14(2)24(19)29(4,27)28/h5-9,11,14H,10,12H2,1-4H3,(H,22,26)(H,23,25)/t14-/m1/s1. The molecule has 1 aliphatic rings. The van der Waals surface area contributed by atoms with Crippen LogP contribution in [0.15, 0.2) is 36.4 Å². The molecule has 1 heterocycles. The molecule has 0 aromatic heterocycles. The van der Waals surface area contributed by atoms with Crippen LogP contribution in [-0.2, 0) is 21.2 Å². The number of nitrogens with zero attached hydrogens (tertiary/aromatic N) is 1. The molecule has 0 unspecified atom stereocenters. The van der Waals surface area contributed by atoms with E-state index in [2.05, 4.69) is 10.6 Å². The Kier molecular flexibility index (Phi) is 5.66. The van der Waals surface area contributed by atoms with Gasteiger partial charge < -0.3 is 10.6 Å². The molecule has 0 saturated heterocycles. The first-order chi connectivity index (χ1) is 13.6. The maximum Gasteiger partial charge on any atom is 0.251 e. The average Bonchev–Trinajstić information content (AvgIpc) is 2.98. The minimum atomic E-state index is -3.38. The van der Waals surface area contributed by atoms with Crippen LogP contribution in [0, 0.1) is 13.8 Å². The maximum atomic E-state index is 12.5. The van der Waals surface area contributed by atoms with Gasteiger partial charge in [-0.05, 0) is 68.1 Å². The normalized spacial score (nSPS) is 15.7. The zero-order valence-electron chi connectivity index (χ0n) is 16.9. The Morgan fingerprint density at radius 1 is 1.17 bits per heavy atom. The number of nitrogens with one attached hydrogen (secondary N) is 2. The van der Waals surface area contributed by atoms with E-state index in [1.807, 2.05) is 39.0 Å². The van der Waals surface area contributed by atoms with Crippen molar-refractivity contribution in [3.8, 4) is 0 Å². The summed E-state index contributed by atoms with van der Waals surface area (Å²) < 4.78 is 25.4. The second-order valence-corrected chi connectivity index (χ2v) is 9.29. The molecule has 1 atom stereocenters. The van der Waals surface area contributed by atoms with Crippen LogP contribution in [-0.4, -0.2) is 39.1 Å². The summed E-state index contributed by atoms with van der Waals surface area (Å²) in [6.07, 6.45) is 1.71. The van der Waals surface area contributed by atoms with Gasteiger partial charge in [-0.1, -0.05) is 12.1 Å². The van der Waals surface area contributed by atoms with Gasteiger partial charge in [-0.15, -0.1) is 0 Å². The van der Waals surface area contributed by atoms with Crippen molar-refractivity contribution in [2.45, 2.75) is 33.2 Å². The van der Waals surface area contributed by atoms with Gasteiger partial charge in [0.15, 0.2) is 0 Å². The molecule has 0 spiro atoms. The summed E-state index contributed by atoms with van der Waals surface area (Å²) in [6, 6.07) is 10.4. The number of hydrogen-bond donors (Lipinski definition) is 2. The maximum absolute atomic E-state index is 12.5. The van der Waals surface area contributed by atoms with Crippen molar-refractivity contribution in [3.63, 3.8) is 0 Å². The Hall–Kier alpha value is -2.87. The Morgan fingerprint density at radius 2 is 1.90 bits per heavy atom. The van der Waals surface area contributed by atoms with Crippen molar-refractivity contribution in [1.29, 1.82) is 0 Å². The van der Waals surface area contributed by atoms with E-state index in [4.69, 9.17) is 0 Å². The van der Waals surface area contributed by atoms with Crippen LogP contribution in [0.5, 0.6) is 0 Å². The number of amides is 2. The Bertz CT molecular complexity index is 1080. The zero-order chi connectivity index (χ0) is 21.3. The minimum Gasteiger partial charge on any atom is -0.343 e. The third kappa shape index (κ3) is 4.42. The van der Waals surface area contributed by atoms with Gasteiger partial charge in [0, 0.05) is 17.3 Å². The third-order valence-electron chi connectivity index (χ3n) is 5.14. The number of benzene rings is 2. The van der Waals surface area contributed by atoms with Crippen molar-refractivity contribution in [2.24, 2.45) is 0 Å². The van der Waals surface area contributed by atoms with Crippen LogP contribution >= 0.6 is 0 Å². The molecule has 7 nitrogen and oxygen atoms in total. The SMILES string of the molecule is Cc1cccc(NC(=O)CNC(=O)c2ccc3c(c2)C[C@@H](C)N3S(C)(=O)=O)c1C. The van der Waals surface area contributed by atoms with Gasteiger partial charge >= 0.3 is 0 Å². The largest absolute Gasteiger partial charge is 0.343 e. The topological polar surface area (TPSA) is 95.6 Å². The number of carbonyl (C=O) groups is 2. The summed E-state index contributed by atoms with van der Waals surface area (Å²) in [4.78, 5) is 24.7. The molecular weight excluding hydrogens is 390 g/mol. The molecule has 0 saturated carbocycles. The molecule has 2 N–H and O–H groups in total. The molecule has 0 fully saturated rings. The van der Waals surface area contributed by atoms with Crippen LogP contribution in [0.3, 0.4) is 0 Å². The van der Waals surface area contributed by atoms with E-state index in [1.54, 1.807) is 18.2 Å². The van der Waals surface area contributed by atoms with Crippen molar-refractivity contribution in [1.82, 2.24) is 5.32 Å². The fourth-order valence-corrected chi connectivity index (χ4v) is 4.86. The molecule has 0 radical (unpaired) electrons. The highest BCUT2D eigenvalue weighted by atomic mass is 32.2. The lowest BCUT2D eigenvalue weighted by Crippen LogP contribution is -2.34. The Labute approximate surface area is 171 Å². The number of sulfonamides is 1. The number of aryl methyl sites for hydroxylation is 1. The van der Waals surface area contributed by atoms with Gasteiger partial charge in [0.05, 0.1) is 18.5 Å². The van der Waals surface area contributed by atoms with E-state index >= 15 is 0 Å². The highest BCUT2D eigenvalue weighted by Gasteiger charge is 2.32. The van der Waals surface area contributed by atoms with Crippen molar-refractivity contribution in [2.75, 3.05) is 22.4 Å². The molecule has 2 aromatic carbocycles. The minimum absolute atomic E-state index is 0.158.